The molecule has 1 saturated heterocycles. The summed E-state index contributed by atoms with van der Waals surface area (Å²) in [6.45, 7) is 1.69. The lowest BCUT2D eigenvalue weighted by atomic mass is 10.1. The Labute approximate surface area is 130 Å². The summed E-state index contributed by atoms with van der Waals surface area (Å²) in [4.78, 5) is 13.0. The predicted octanol–water partition coefficient (Wildman–Crippen LogP) is 1.58. The van der Waals surface area contributed by atoms with E-state index in [2.05, 4.69) is 25.6 Å². The lowest BCUT2D eigenvalue weighted by Gasteiger charge is -2.29. The van der Waals surface area contributed by atoms with Crippen LogP contribution in [0.1, 0.15) is 22.5 Å². The highest BCUT2D eigenvalue weighted by molar-refractivity contribution is 9.11. The summed E-state index contributed by atoms with van der Waals surface area (Å²) in [6, 6.07) is 1.09. The molecule has 0 spiro atoms. The molecule has 1 aromatic rings. The number of halogens is 1. The molecule has 1 fully saturated rings. The summed E-state index contributed by atoms with van der Waals surface area (Å²) in [5.41, 5.74) is 0. The first-order valence-corrected chi connectivity index (χ1v) is 9.12. The normalized spacial score (nSPS) is 18.3. The van der Waals surface area contributed by atoms with Crippen molar-refractivity contribution in [1.82, 2.24) is 9.62 Å². The number of hydrogen-bond donors (Lipinski definition) is 2. The van der Waals surface area contributed by atoms with Crippen LogP contribution >= 0.6 is 27.3 Å². The van der Waals surface area contributed by atoms with Crippen molar-refractivity contribution in [2.75, 3.05) is 20.1 Å². The van der Waals surface area contributed by atoms with E-state index in [1.807, 2.05) is 7.05 Å². The van der Waals surface area contributed by atoms with Gasteiger partial charge in [-0.15, -0.1) is 11.3 Å². The SMILES string of the molecule is CN1CCC(NS(=O)(=O)c2cc(C(=O)O)sc2Br)CC1. The molecule has 2 heterocycles. The molecule has 0 aliphatic carbocycles. The zero-order valence-corrected chi connectivity index (χ0v) is 14.0. The minimum absolute atomic E-state index is 0.000581. The van der Waals surface area contributed by atoms with Gasteiger partial charge in [-0.3, -0.25) is 0 Å². The third-order valence-corrected chi connectivity index (χ3v) is 6.96. The highest BCUT2D eigenvalue weighted by Gasteiger charge is 2.27. The number of carboxylic acids is 1. The van der Waals surface area contributed by atoms with Gasteiger partial charge in [0, 0.05) is 6.04 Å². The number of hydrogen-bond acceptors (Lipinski definition) is 5. The molecule has 1 aliphatic rings. The first-order valence-electron chi connectivity index (χ1n) is 6.03. The van der Waals surface area contributed by atoms with E-state index in [4.69, 9.17) is 5.11 Å². The van der Waals surface area contributed by atoms with Crippen LogP contribution in [0.2, 0.25) is 0 Å². The van der Waals surface area contributed by atoms with Gasteiger partial charge in [-0.1, -0.05) is 0 Å². The van der Waals surface area contributed by atoms with Gasteiger partial charge in [0.15, 0.2) is 0 Å². The highest BCUT2D eigenvalue weighted by Crippen LogP contribution is 2.32. The Morgan fingerprint density at radius 1 is 1.50 bits per heavy atom. The molecule has 1 aliphatic heterocycles. The van der Waals surface area contributed by atoms with Gasteiger partial charge < -0.3 is 10.0 Å². The van der Waals surface area contributed by atoms with Crippen LogP contribution in [-0.4, -0.2) is 50.6 Å². The first-order chi connectivity index (χ1) is 9.29. The molecule has 0 bridgehead atoms. The monoisotopic (exact) mass is 382 g/mol. The fraction of sp³-hybridized carbons (Fsp3) is 0.545. The maximum absolute atomic E-state index is 12.3. The van der Waals surface area contributed by atoms with Crippen LogP contribution in [-0.2, 0) is 10.0 Å². The average molecular weight is 383 g/mol. The molecule has 20 heavy (non-hydrogen) atoms. The number of carbonyl (C=O) groups is 1. The number of thiophene rings is 1. The van der Waals surface area contributed by atoms with Crippen molar-refractivity contribution in [1.29, 1.82) is 0 Å². The van der Waals surface area contributed by atoms with Crippen LogP contribution in [0.4, 0.5) is 0 Å². The topological polar surface area (TPSA) is 86.7 Å². The van der Waals surface area contributed by atoms with Gasteiger partial charge >= 0.3 is 5.97 Å². The second-order valence-electron chi connectivity index (χ2n) is 4.75. The molecule has 2 N–H and O–H groups in total. The van der Waals surface area contributed by atoms with E-state index >= 15 is 0 Å². The number of nitrogens with zero attached hydrogens (tertiary/aromatic N) is 1. The van der Waals surface area contributed by atoms with Gasteiger partial charge in [-0.2, -0.15) is 0 Å². The zero-order valence-electron chi connectivity index (χ0n) is 10.8. The summed E-state index contributed by atoms with van der Waals surface area (Å²) in [7, 11) is -1.69. The number of sulfonamides is 1. The molecule has 2 rings (SSSR count). The van der Waals surface area contributed by atoms with Gasteiger partial charge in [0.05, 0.1) is 3.79 Å². The summed E-state index contributed by atoms with van der Waals surface area (Å²) >= 11 is 4.02. The smallest absolute Gasteiger partial charge is 0.345 e. The van der Waals surface area contributed by atoms with E-state index in [-0.39, 0.29) is 15.8 Å². The standard InChI is InChI=1S/C11H15BrN2O4S2/c1-14-4-2-7(3-5-14)13-20(17,18)9-6-8(11(15)16)19-10(9)12/h6-7,13H,2-5H2,1H3,(H,15,16). The van der Waals surface area contributed by atoms with Crippen molar-refractivity contribution >= 4 is 43.3 Å². The van der Waals surface area contributed by atoms with Gasteiger partial charge in [0.1, 0.15) is 9.77 Å². The van der Waals surface area contributed by atoms with Gasteiger partial charge in [-0.25, -0.2) is 17.9 Å². The molecular weight excluding hydrogens is 368 g/mol. The van der Waals surface area contributed by atoms with Crippen molar-refractivity contribution in [3.05, 3.63) is 14.7 Å². The van der Waals surface area contributed by atoms with E-state index < -0.39 is 16.0 Å². The molecule has 0 atom stereocenters. The van der Waals surface area contributed by atoms with Crippen LogP contribution in [0.15, 0.2) is 14.7 Å². The Hall–Kier alpha value is -0.480. The quantitative estimate of drug-likeness (QED) is 0.825. The van der Waals surface area contributed by atoms with Crippen molar-refractivity contribution in [2.24, 2.45) is 0 Å². The number of aromatic carboxylic acids is 1. The molecular formula is C11H15BrN2O4S2. The summed E-state index contributed by atoms with van der Waals surface area (Å²) < 4.78 is 27.6. The fourth-order valence-corrected chi connectivity index (χ4v) is 5.76. The van der Waals surface area contributed by atoms with E-state index in [0.717, 1.165) is 37.3 Å². The maximum atomic E-state index is 12.3. The molecule has 0 radical (unpaired) electrons. The second kappa shape index (κ2) is 6.10. The van der Waals surface area contributed by atoms with Crippen LogP contribution in [0.25, 0.3) is 0 Å². The largest absolute Gasteiger partial charge is 0.477 e. The Bertz CT molecular complexity index is 606. The summed E-state index contributed by atoms with van der Waals surface area (Å²) in [5.74, 6) is -1.13. The molecule has 0 aromatic carbocycles. The maximum Gasteiger partial charge on any atom is 0.345 e. The van der Waals surface area contributed by atoms with Crippen molar-refractivity contribution < 1.29 is 18.3 Å². The molecule has 0 unspecified atom stereocenters. The van der Waals surface area contributed by atoms with Crippen LogP contribution < -0.4 is 4.72 Å². The third-order valence-electron chi connectivity index (χ3n) is 3.20. The number of carboxylic acid groups (broad SMARTS) is 1. The molecule has 112 valence electrons. The lowest BCUT2D eigenvalue weighted by molar-refractivity contribution is 0.0702. The van der Waals surface area contributed by atoms with E-state index in [1.165, 1.54) is 6.07 Å². The van der Waals surface area contributed by atoms with E-state index in [1.54, 1.807) is 0 Å². The number of piperidine rings is 1. The van der Waals surface area contributed by atoms with E-state index in [9.17, 15) is 13.2 Å². The molecule has 6 nitrogen and oxygen atoms in total. The van der Waals surface area contributed by atoms with Crippen LogP contribution in [0.3, 0.4) is 0 Å². The average Bonchev–Trinajstić information content (AvgIpc) is 2.75. The Morgan fingerprint density at radius 3 is 2.60 bits per heavy atom. The van der Waals surface area contributed by atoms with Gasteiger partial charge in [-0.05, 0) is 55.0 Å². The number of likely N-dealkylation sites (tertiary alicyclic amines) is 1. The predicted molar refractivity (Wildman–Crippen MR) is 79.8 cm³/mol. The minimum atomic E-state index is -3.69. The number of nitrogens with one attached hydrogen (secondary N) is 1. The Balaban J connectivity index is 2.16. The van der Waals surface area contributed by atoms with Crippen molar-refractivity contribution in [3.63, 3.8) is 0 Å². The van der Waals surface area contributed by atoms with Gasteiger partial charge in [0.25, 0.3) is 0 Å². The van der Waals surface area contributed by atoms with Crippen molar-refractivity contribution in [3.8, 4) is 0 Å². The minimum Gasteiger partial charge on any atom is -0.477 e. The number of rotatable bonds is 4. The lowest BCUT2D eigenvalue weighted by Crippen LogP contribution is -2.43. The van der Waals surface area contributed by atoms with Crippen molar-refractivity contribution in [2.45, 2.75) is 23.8 Å². The molecule has 9 heteroatoms. The zero-order chi connectivity index (χ0) is 14.9. The first kappa shape index (κ1) is 15.9. The second-order valence-corrected chi connectivity index (χ2v) is 8.81. The summed E-state index contributed by atoms with van der Waals surface area (Å²) in [5, 5.41) is 8.91. The molecule has 1 aromatic heterocycles. The molecule has 0 amide bonds. The van der Waals surface area contributed by atoms with Gasteiger partial charge in [0.2, 0.25) is 10.0 Å². The summed E-state index contributed by atoms with van der Waals surface area (Å²) in [6.07, 6.45) is 1.51. The van der Waals surface area contributed by atoms with Crippen LogP contribution in [0.5, 0.6) is 0 Å². The molecule has 0 saturated carbocycles. The Kier molecular flexibility index (Phi) is 4.85. The third kappa shape index (κ3) is 3.59. The van der Waals surface area contributed by atoms with E-state index in [0.29, 0.717) is 3.79 Å². The Morgan fingerprint density at radius 2 is 2.10 bits per heavy atom. The fourth-order valence-electron chi connectivity index (χ4n) is 2.05. The van der Waals surface area contributed by atoms with Crippen LogP contribution in [0, 0.1) is 0 Å². The highest BCUT2D eigenvalue weighted by atomic mass is 79.9.